The van der Waals surface area contributed by atoms with E-state index in [-0.39, 0.29) is 30.4 Å². The molecule has 3 aromatic rings. The van der Waals surface area contributed by atoms with Crippen molar-refractivity contribution in [1.29, 1.82) is 0 Å². The van der Waals surface area contributed by atoms with E-state index in [1.54, 1.807) is 0 Å². The summed E-state index contributed by atoms with van der Waals surface area (Å²) in [6.45, 7) is 1.34. The van der Waals surface area contributed by atoms with E-state index in [9.17, 15) is 18.0 Å². The van der Waals surface area contributed by atoms with Crippen molar-refractivity contribution in [3.63, 3.8) is 0 Å². The molecule has 0 saturated carbocycles. The molecule has 3 heterocycles. The van der Waals surface area contributed by atoms with Crippen LogP contribution in [0.2, 0.25) is 0 Å². The third-order valence-electron chi connectivity index (χ3n) is 6.30. The van der Waals surface area contributed by atoms with Crippen LogP contribution in [0.4, 0.5) is 13.2 Å². The van der Waals surface area contributed by atoms with Gasteiger partial charge in [-0.05, 0) is 19.1 Å². The van der Waals surface area contributed by atoms with Gasteiger partial charge in [-0.1, -0.05) is 35.5 Å². The Bertz CT molecular complexity index is 1240. The van der Waals surface area contributed by atoms with Gasteiger partial charge in [-0.2, -0.15) is 0 Å². The van der Waals surface area contributed by atoms with Crippen LogP contribution in [0.3, 0.4) is 0 Å². The van der Waals surface area contributed by atoms with Gasteiger partial charge < -0.3 is 23.7 Å². The second-order valence-electron chi connectivity index (χ2n) is 8.75. The first kappa shape index (κ1) is 25.5. The second-order valence-corrected chi connectivity index (χ2v) is 8.75. The Kier molecular flexibility index (Phi) is 7.36. The summed E-state index contributed by atoms with van der Waals surface area (Å²) in [5, 5.41) is 8.19. The van der Waals surface area contributed by atoms with E-state index in [1.165, 1.54) is 24.9 Å². The van der Waals surface area contributed by atoms with Crippen molar-refractivity contribution in [3.8, 4) is 11.3 Å². The zero-order valence-corrected chi connectivity index (χ0v) is 19.9. The molecule has 0 spiro atoms. The molecule has 37 heavy (non-hydrogen) atoms. The molecule has 0 radical (unpaired) electrons. The lowest BCUT2D eigenvalue weighted by atomic mass is 9.90. The molecule has 12 heteroatoms. The summed E-state index contributed by atoms with van der Waals surface area (Å²) in [4.78, 5) is 12.6. The maximum atomic E-state index is 13.9. The average molecular weight is 519 g/mol. The van der Waals surface area contributed by atoms with E-state index in [4.69, 9.17) is 23.7 Å². The first-order chi connectivity index (χ1) is 17.9. The van der Waals surface area contributed by atoms with Crippen molar-refractivity contribution in [1.82, 2.24) is 15.0 Å². The van der Waals surface area contributed by atoms with Gasteiger partial charge in [0.05, 0.1) is 12.8 Å². The summed E-state index contributed by atoms with van der Waals surface area (Å²) in [6.07, 6.45) is -2.59. The number of methoxy groups -OCH3 is 1. The number of fused-ring (bicyclic) bond motifs is 1. The van der Waals surface area contributed by atoms with Crippen LogP contribution in [0.1, 0.15) is 24.8 Å². The summed E-state index contributed by atoms with van der Waals surface area (Å²) in [7, 11) is 1.44. The Labute approximate surface area is 210 Å². The number of carbonyl (C=O) groups excluding carboxylic acids is 1. The number of rotatable bonds is 7. The molecule has 0 bridgehead atoms. The number of benzene rings is 2. The van der Waals surface area contributed by atoms with Crippen LogP contribution in [0.5, 0.6) is 0 Å². The lowest BCUT2D eigenvalue weighted by molar-refractivity contribution is -0.319. The number of ketones is 1. The van der Waals surface area contributed by atoms with Gasteiger partial charge in [0.2, 0.25) is 0 Å². The molecule has 1 aromatic heterocycles. The summed E-state index contributed by atoms with van der Waals surface area (Å²) in [5.41, 5.74) is 0.843. The predicted octanol–water partition coefficient (Wildman–Crippen LogP) is 3.36. The number of carbonyl (C=O) groups is 1. The molecule has 2 fully saturated rings. The van der Waals surface area contributed by atoms with Gasteiger partial charge in [0.25, 0.3) is 0 Å². The van der Waals surface area contributed by atoms with Crippen LogP contribution in [-0.4, -0.2) is 65.7 Å². The molecule has 196 valence electrons. The molecular formula is C25H24F3N3O6. The van der Waals surface area contributed by atoms with Crippen LogP contribution in [-0.2, 0) is 28.5 Å². The highest BCUT2D eigenvalue weighted by atomic mass is 19.2. The number of hydrogen-bond acceptors (Lipinski definition) is 8. The van der Waals surface area contributed by atoms with Crippen LogP contribution in [0.25, 0.3) is 11.3 Å². The summed E-state index contributed by atoms with van der Waals surface area (Å²) in [5.74, 6) is -4.58. The zero-order chi connectivity index (χ0) is 26.1. The van der Waals surface area contributed by atoms with Gasteiger partial charge in [0, 0.05) is 18.2 Å². The molecule has 2 aliphatic heterocycles. The SMILES string of the molecule is COCO[C@@H]1[C@@H](n2cc(-c3cc(F)c(F)c(F)c3)nn2)[C@H]2O[C@@H](c3ccccc3)OC[C@H]2O[C@H]1C(C)=O. The second kappa shape index (κ2) is 10.7. The van der Waals surface area contributed by atoms with Crippen LogP contribution in [0.15, 0.2) is 48.7 Å². The van der Waals surface area contributed by atoms with E-state index < -0.39 is 54.2 Å². The number of hydrogen-bond donors (Lipinski definition) is 0. The molecule has 0 aliphatic carbocycles. The summed E-state index contributed by atoms with van der Waals surface area (Å²) in [6, 6.07) is 10.2. The van der Waals surface area contributed by atoms with E-state index in [0.29, 0.717) is 0 Å². The van der Waals surface area contributed by atoms with Gasteiger partial charge in [-0.3, -0.25) is 4.79 Å². The zero-order valence-electron chi connectivity index (χ0n) is 19.9. The number of Topliss-reactive ketones (excluding diaryl/α,β-unsaturated/α-hetero) is 1. The van der Waals surface area contributed by atoms with Crippen molar-refractivity contribution in [2.45, 2.75) is 43.7 Å². The topological polar surface area (TPSA) is 93.9 Å². The number of aromatic nitrogens is 3. The smallest absolute Gasteiger partial charge is 0.194 e. The quantitative estimate of drug-likeness (QED) is 0.347. The minimum absolute atomic E-state index is 0.0150. The fourth-order valence-electron chi connectivity index (χ4n) is 4.60. The largest absolute Gasteiger partial charge is 0.359 e. The molecule has 2 aliphatic rings. The molecule has 2 aromatic carbocycles. The molecule has 0 unspecified atom stereocenters. The van der Waals surface area contributed by atoms with Crippen molar-refractivity contribution in [3.05, 3.63) is 71.7 Å². The fraction of sp³-hybridized carbons (Fsp3) is 0.400. The van der Waals surface area contributed by atoms with E-state index in [2.05, 4.69) is 10.3 Å². The van der Waals surface area contributed by atoms with Crippen molar-refractivity contribution in [2.75, 3.05) is 20.5 Å². The lowest BCUT2D eigenvalue weighted by Crippen LogP contribution is -2.61. The maximum absolute atomic E-state index is 13.9. The molecule has 0 N–H and O–H groups in total. The van der Waals surface area contributed by atoms with Gasteiger partial charge in [-0.25, -0.2) is 17.9 Å². The van der Waals surface area contributed by atoms with Crippen molar-refractivity contribution >= 4 is 5.78 Å². The van der Waals surface area contributed by atoms with Gasteiger partial charge in [0.15, 0.2) is 29.5 Å². The highest BCUT2D eigenvalue weighted by Gasteiger charge is 2.53. The first-order valence-electron chi connectivity index (χ1n) is 11.5. The Balaban J connectivity index is 1.54. The Morgan fingerprint density at radius 3 is 2.54 bits per heavy atom. The highest BCUT2D eigenvalue weighted by molar-refractivity contribution is 5.81. The lowest BCUT2D eigenvalue weighted by Gasteiger charge is -2.48. The Hall–Kier alpha value is -3.16. The highest BCUT2D eigenvalue weighted by Crippen LogP contribution is 2.41. The molecule has 9 nitrogen and oxygen atoms in total. The van der Waals surface area contributed by atoms with Gasteiger partial charge in [0.1, 0.15) is 42.9 Å². The number of halogens is 3. The molecule has 5 rings (SSSR count). The number of nitrogens with zero attached hydrogens (tertiary/aromatic N) is 3. The normalized spacial score (nSPS) is 27.6. The van der Waals surface area contributed by atoms with Crippen LogP contribution >= 0.6 is 0 Å². The van der Waals surface area contributed by atoms with E-state index >= 15 is 0 Å². The Morgan fingerprint density at radius 1 is 1.14 bits per heavy atom. The van der Waals surface area contributed by atoms with Crippen molar-refractivity contribution in [2.24, 2.45) is 0 Å². The maximum Gasteiger partial charge on any atom is 0.194 e. The van der Waals surface area contributed by atoms with Gasteiger partial charge >= 0.3 is 0 Å². The average Bonchev–Trinajstić information content (AvgIpc) is 3.39. The minimum Gasteiger partial charge on any atom is -0.359 e. The van der Waals surface area contributed by atoms with Crippen molar-refractivity contribution < 1.29 is 41.7 Å². The third kappa shape index (κ3) is 5.03. The predicted molar refractivity (Wildman–Crippen MR) is 120 cm³/mol. The first-order valence-corrected chi connectivity index (χ1v) is 11.5. The van der Waals surface area contributed by atoms with Crippen LogP contribution < -0.4 is 0 Å². The summed E-state index contributed by atoms with van der Waals surface area (Å²) < 4.78 is 71.8. The number of ether oxygens (including phenoxy) is 5. The monoisotopic (exact) mass is 519 g/mol. The third-order valence-corrected chi connectivity index (χ3v) is 6.30. The molecule has 6 atom stereocenters. The van der Waals surface area contributed by atoms with Crippen LogP contribution in [0, 0.1) is 17.5 Å². The van der Waals surface area contributed by atoms with Gasteiger partial charge in [-0.15, -0.1) is 5.10 Å². The van der Waals surface area contributed by atoms with E-state index in [1.807, 2.05) is 30.3 Å². The summed E-state index contributed by atoms with van der Waals surface area (Å²) >= 11 is 0. The Morgan fingerprint density at radius 2 is 1.86 bits per heavy atom. The standard InChI is InChI=1S/C25H24F3N3O6/c1-13(32)22-24(35-12-33-2)21(23-19(36-22)11-34-25(37-23)14-6-4-3-5-7-14)31-10-18(29-30-31)15-8-16(26)20(28)17(27)9-15/h3-10,19,21-25H,11-12H2,1-2H3/t19-,21+,22+,23+,24-,25+/m1/s1. The molecular weight excluding hydrogens is 495 g/mol. The molecule has 0 amide bonds. The van der Waals surface area contributed by atoms with E-state index in [0.717, 1.165) is 17.7 Å². The minimum atomic E-state index is -1.58. The molecule has 2 saturated heterocycles. The fourth-order valence-corrected chi connectivity index (χ4v) is 4.60.